The van der Waals surface area contributed by atoms with Crippen molar-refractivity contribution in [2.24, 2.45) is 5.92 Å². The fourth-order valence-corrected chi connectivity index (χ4v) is 6.88. The molecule has 10 heteroatoms. The summed E-state index contributed by atoms with van der Waals surface area (Å²) >= 11 is 0. The number of carbonyl (C=O) groups excluding carboxylic acids is 4. The van der Waals surface area contributed by atoms with Crippen LogP contribution in [0.3, 0.4) is 0 Å². The fourth-order valence-electron chi connectivity index (χ4n) is 6.88. The second-order valence-corrected chi connectivity index (χ2v) is 17.6. The summed E-state index contributed by atoms with van der Waals surface area (Å²) in [5.41, 5.74) is -0.361. The molecule has 0 aromatic carbocycles. The van der Waals surface area contributed by atoms with Gasteiger partial charge in [0.1, 0.15) is 12.2 Å². The Bertz CT molecular complexity index is 950. The molecule has 0 saturated heterocycles. The third-order valence-corrected chi connectivity index (χ3v) is 10.8. The number of esters is 2. The minimum atomic E-state index is -0.414. The predicted molar refractivity (Wildman–Crippen MR) is 233 cm³/mol. The summed E-state index contributed by atoms with van der Waals surface area (Å²) in [5, 5.41) is 14.3. The molecule has 10 nitrogen and oxygen atoms in total. The van der Waals surface area contributed by atoms with Gasteiger partial charge in [0.15, 0.2) is 0 Å². The first-order chi connectivity index (χ1) is 27.3. The number of nitrogens with one attached hydrogen (secondary N) is 2. The molecule has 1 saturated carbocycles. The maximum Gasteiger partial charge on any atom is 0.306 e. The number of methoxy groups -OCH3 is 1. The number of hydrogen-bond donors (Lipinski definition) is 3. The normalized spacial score (nSPS) is 16.8. The highest BCUT2D eigenvalue weighted by molar-refractivity contribution is 5.83. The summed E-state index contributed by atoms with van der Waals surface area (Å²) in [6, 6.07) is -0.283. The van der Waals surface area contributed by atoms with Crippen molar-refractivity contribution in [3.63, 3.8) is 0 Å². The molecule has 0 radical (unpaired) electrons. The van der Waals surface area contributed by atoms with Gasteiger partial charge in [0.2, 0.25) is 11.8 Å². The summed E-state index contributed by atoms with van der Waals surface area (Å²) in [6.07, 6.45) is 28.5. The van der Waals surface area contributed by atoms with Crippen molar-refractivity contribution in [2.75, 3.05) is 20.3 Å². The van der Waals surface area contributed by atoms with Crippen LogP contribution >= 0.6 is 0 Å². The smallest absolute Gasteiger partial charge is 0.306 e. The monoisotopic (exact) mass is 811 g/mol. The van der Waals surface area contributed by atoms with Gasteiger partial charge >= 0.3 is 11.9 Å². The molecule has 1 rings (SSSR count). The standard InChI is InChI=1S/C42H78N2O6.C5H12O2/c1-5-7-9-11-13-15-17-19-21-23-25-27-41(47)49-37-31-36(44-40(46)30-29-39(45)43-34-35(3)4)32-38(33-37)50-42(48)28-26-24-22-20-18-16-14-12-10-8-6-2;1-5(2,4-6)7-3/h35-38H,5-34H2,1-4H3,(H,43,45)(H,44,46);6H,4H2,1-3H3. The zero-order valence-electron chi connectivity index (χ0n) is 38.0. The van der Waals surface area contributed by atoms with Gasteiger partial charge in [-0.25, -0.2) is 0 Å². The van der Waals surface area contributed by atoms with E-state index in [4.69, 9.17) is 19.3 Å². The minimum absolute atomic E-state index is 0.0729. The minimum Gasteiger partial charge on any atom is -0.462 e. The predicted octanol–water partition coefficient (Wildman–Crippen LogP) is 10.8. The van der Waals surface area contributed by atoms with E-state index in [1.54, 1.807) is 7.11 Å². The van der Waals surface area contributed by atoms with E-state index in [9.17, 15) is 19.2 Å². The Labute approximate surface area is 349 Å². The van der Waals surface area contributed by atoms with E-state index in [-0.39, 0.29) is 54.8 Å². The Morgan fingerprint density at radius 1 is 0.579 bits per heavy atom. The molecule has 0 bridgehead atoms. The maximum absolute atomic E-state index is 12.8. The van der Waals surface area contributed by atoms with Crippen LogP contribution in [0.2, 0.25) is 0 Å². The molecule has 336 valence electrons. The first-order valence-corrected chi connectivity index (χ1v) is 23.5. The molecule has 0 aliphatic heterocycles. The number of carbonyl (C=O) groups is 4. The molecule has 2 atom stereocenters. The third-order valence-electron chi connectivity index (χ3n) is 10.8. The molecule has 0 aromatic heterocycles. The molecular weight excluding hydrogens is 721 g/mol. The zero-order chi connectivity index (χ0) is 42.6. The van der Waals surface area contributed by atoms with Crippen LogP contribution in [0.1, 0.15) is 228 Å². The number of unbranched alkanes of at least 4 members (excludes halogenated alkanes) is 20. The van der Waals surface area contributed by atoms with Gasteiger partial charge in [-0.05, 0) is 32.6 Å². The average molecular weight is 811 g/mol. The lowest BCUT2D eigenvalue weighted by molar-refractivity contribution is -0.160. The molecule has 3 N–H and O–H groups in total. The van der Waals surface area contributed by atoms with E-state index in [0.29, 0.717) is 44.6 Å². The highest BCUT2D eigenvalue weighted by atomic mass is 16.6. The molecular formula is C47H90N2O8. The van der Waals surface area contributed by atoms with E-state index in [2.05, 4.69) is 24.5 Å². The van der Waals surface area contributed by atoms with Crippen LogP contribution in [0.15, 0.2) is 0 Å². The van der Waals surface area contributed by atoms with Gasteiger partial charge in [-0.1, -0.05) is 156 Å². The van der Waals surface area contributed by atoms with E-state index < -0.39 is 12.2 Å². The molecule has 0 spiro atoms. The van der Waals surface area contributed by atoms with Crippen molar-refractivity contribution in [3.05, 3.63) is 0 Å². The number of amides is 2. The fraction of sp³-hybridized carbons (Fsp3) is 0.915. The van der Waals surface area contributed by atoms with Crippen molar-refractivity contribution < 1.29 is 38.5 Å². The molecule has 1 aliphatic carbocycles. The number of aliphatic hydroxyl groups is 1. The largest absolute Gasteiger partial charge is 0.462 e. The van der Waals surface area contributed by atoms with Crippen LogP contribution in [0.4, 0.5) is 0 Å². The van der Waals surface area contributed by atoms with Crippen LogP contribution in [-0.2, 0) is 33.4 Å². The first kappa shape index (κ1) is 54.8. The second kappa shape index (κ2) is 36.8. The lowest BCUT2D eigenvalue weighted by atomic mass is 9.90. The van der Waals surface area contributed by atoms with Crippen molar-refractivity contribution in [2.45, 2.75) is 252 Å². The van der Waals surface area contributed by atoms with Crippen LogP contribution in [0, 0.1) is 5.92 Å². The third kappa shape index (κ3) is 35.5. The van der Waals surface area contributed by atoms with Gasteiger partial charge in [0.25, 0.3) is 0 Å². The van der Waals surface area contributed by atoms with E-state index in [1.807, 2.05) is 27.7 Å². The summed E-state index contributed by atoms with van der Waals surface area (Å²) in [5.74, 6) is -0.440. The Hall–Kier alpha value is -2.20. The van der Waals surface area contributed by atoms with Gasteiger partial charge in [0.05, 0.1) is 12.2 Å². The van der Waals surface area contributed by atoms with Crippen molar-refractivity contribution in [1.82, 2.24) is 10.6 Å². The molecule has 1 aliphatic rings. The van der Waals surface area contributed by atoms with Gasteiger partial charge < -0.3 is 30.0 Å². The SMILES string of the molecule is CCCCCCCCCCCCCC(=O)OC1CC(NC(=O)CCC(=O)NCC(C)C)CC(OC(=O)CCCCCCCCCCCCC)C1.COC(C)(C)CO. The van der Waals surface area contributed by atoms with Gasteiger partial charge in [-0.15, -0.1) is 0 Å². The number of hydrogen-bond acceptors (Lipinski definition) is 8. The molecule has 57 heavy (non-hydrogen) atoms. The van der Waals surface area contributed by atoms with E-state index in [1.165, 1.54) is 103 Å². The molecule has 2 unspecified atom stereocenters. The van der Waals surface area contributed by atoms with Crippen LogP contribution < -0.4 is 10.6 Å². The first-order valence-electron chi connectivity index (χ1n) is 23.5. The maximum atomic E-state index is 12.8. The molecule has 2 amide bonds. The molecule has 0 heterocycles. The van der Waals surface area contributed by atoms with Gasteiger partial charge in [0, 0.05) is 64.6 Å². The highest BCUT2D eigenvalue weighted by Crippen LogP contribution is 2.26. The van der Waals surface area contributed by atoms with Gasteiger partial charge in [-0.3, -0.25) is 19.2 Å². The number of rotatable bonds is 34. The number of aliphatic hydroxyl groups excluding tert-OH is 1. The van der Waals surface area contributed by atoms with Crippen LogP contribution in [0.5, 0.6) is 0 Å². The Kier molecular flexibility index (Phi) is 35.4. The molecule has 0 aromatic rings. The number of ether oxygens (including phenoxy) is 3. The van der Waals surface area contributed by atoms with Crippen molar-refractivity contribution >= 4 is 23.8 Å². The van der Waals surface area contributed by atoms with Crippen LogP contribution in [0.25, 0.3) is 0 Å². The van der Waals surface area contributed by atoms with E-state index in [0.717, 1.165) is 38.5 Å². The summed E-state index contributed by atoms with van der Waals surface area (Å²) in [6.45, 7) is 12.9. The van der Waals surface area contributed by atoms with Crippen molar-refractivity contribution in [3.8, 4) is 0 Å². The topological polar surface area (TPSA) is 140 Å². The van der Waals surface area contributed by atoms with Crippen LogP contribution in [-0.4, -0.2) is 73.0 Å². The zero-order valence-corrected chi connectivity index (χ0v) is 38.0. The lowest BCUT2D eigenvalue weighted by Gasteiger charge is -2.34. The average Bonchev–Trinajstić information content (AvgIpc) is 3.17. The Balaban J connectivity index is 0.00000407. The lowest BCUT2D eigenvalue weighted by Crippen LogP contribution is -2.46. The summed E-state index contributed by atoms with van der Waals surface area (Å²) in [7, 11) is 1.58. The van der Waals surface area contributed by atoms with Gasteiger partial charge in [-0.2, -0.15) is 0 Å². The summed E-state index contributed by atoms with van der Waals surface area (Å²) in [4.78, 5) is 50.4. The quantitative estimate of drug-likeness (QED) is 0.0431. The van der Waals surface area contributed by atoms with E-state index >= 15 is 0 Å². The highest BCUT2D eigenvalue weighted by Gasteiger charge is 2.34. The van der Waals surface area contributed by atoms with Crippen molar-refractivity contribution in [1.29, 1.82) is 0 Å². The Morgan fingerprint density at radius 3 is 1.28 bits per heavy atom. The summed E-state index contributed by atoms with van der Waals surface area (Å²) < 4.78 is 16.6. The Morgan fingerprint density at radius 2 is 0.947 bits per heavy atom. The molecule has 1 fully saturated rings. The second-order valence-electron chi connectivity index (χ2n) is 17.6.